The molecule has 0 spiro atoms. The molecule has 9 heteroatoms. The minimum absolute atomic E-state index is 0.0409. The SMILES string of the molecule is COC(=O)c1ccc(NC(=O)CSc2nnc(C)s2)cc1O. The summed E-state index contributed by atoms with van der Waals surface area (Å²) in [6.45, 7) is 1.84. The van der Waals surface area contributed by atoms with Gasteiger partial charge in [-0.3, -0.25) is 4.79 Å². The van der Waals surface area contributed by atoms with Gasteiger partial charge in [0.2, 0.25) is 5.91 Å². The molecule has 22 heavy (non-hydrogen) atoms. The van der Waals surface area contributed by atoms with Crippen molar-refractivity contribution in [1.82, 2.24) is 10.2 Å². The van der Waals surface area contributed by atoms with Gasteiger partial charge in [0.25, 0.3) is 0 Å². The fourth-order valence-electron chi connectivity index (χ4n) is 1.55. The van der Waals surface area contributed by atoms with Crippen LogP contribution in [0.25, 0.3) is 0 Å². The number of hydrogen-bond donors (Lipinski definition) is 2. The van der Waals surface area contributed by atoms with E-state index in [4.69, 9.17) is 0 Å². The number of ether oxygens (including phenoxy) is 1. The zero-order valence-electron chi connectivity index (χ0n) is 11.8. The Hall–Kier alpha value is -2.13. The van der Waals surface area contributed by atoms with Gasteiger partial charge in [-0.2, -0.15) is 0 Å². The number of thioether (sulfide) groups is 1. The highest BCUT2D eigenvalue weighted by molar-refractivity contribution is 8.01. The molecule has 1 amide bonds. The molecule has 0 atom stereocenters. The Labute approximate surface area is 134 Å². The van der Waals surface area contributed by atoms with Gasteiger partial charge in [0.15, 0.2) is 4.34 Å². The van der Waals surface area contributed by atoms with Crippen molar-refractivity contribution in [2.75, 3.05) is 18.2 Å². The summed E-state index contributed by atoms with van der Waals surface area (Å²) in [4.78, 5) is 23.2. The predicted octanol–water partition coefficient (Wildman–Crippen LogP) is 2.07. The van der Waals surface area contributed by atoms with Gasteiger partial charge in [0.05, 0.1) is 12.9 Å². The topological polar surface area (TPSA) is 101 Å². The molecule has 2 rings (SSSR count). The van der Waals surface area contributed by atoms with E-state index in [1.165, 1.54) is 48.4 Å². The number of aryl methyl sites for hydroxylation is 1. The molecule has 1 aromatic carbocycles. The molecule has 1 aromatic heterocycles. The lowest BCUT2D eigenvalue weighted by Gasteiger charge is -2.07. The number of nitrogens with zero attached hydrogens (tertiary/aromatic N) is 2. The number of benzene rings is 1. The number of carbonyl (C=O) groups is 2. The van der Waals surface area contributed by atoms with E-state index < -0.39 is 5.97 Å². The van der Waals surface area contributed by atoms with Gasteiger partial charge >= 0.3 is 5.97 Å². The van der Waals surface area contributed by atoms with Crippen LogP contribution in [0, 0.1) is 6.92 Å². The molecular weight excluding hydrogens is 326 g/mol. The standard InChI is InChI=1S/C13H13N3O4S2/c1-7-15-16-13(22-7)21-6-11(18)14-8-3-4-9(10(17)5-8)12(19)20-2/h3-5,17H,6H2,1-2H3,(H,14,18). The number of aromatic hydroxyl groups is 1. The normalized spacial score (nSPS) is 10.3. The minimum atomic E-state index is -0.641. The number of methoxy groups -OCH3 is 1. The lowest BCUT2D eigenvalue weighted by molar-refractivity contribution is -0.113. The van der Waals surface area contributed by atoms with Crippen LogP contribution in [0.1, 0.15) is 15.4 Å². The molecule has 0 aliphatic carbocycles. The summed E-state index contributed by atoms with van der Waals surface area (Å²) in [5, 5.41) is 21.0. The average Bonchev–Trinajstić information content (AvgIpc) is 2.90. The number of phenols is 1. The molecule has 1 heterocycles. The van der Waals surface area contributed by atoms with Gasteiger partial charge in [-0.05, 0) is 19.1 Å². The van der Waals surface area contributed by atoms with Gasteiger partial charge in [-0.1, -0.05) is 23.1 Å². The summed E-state index contributed by atoms with van der Waals surface area (Å²) < 4.78 is 5.25. The first-order valence-electron chi connectivity index (χ1n) is 6.13. The number of esters is 1. The number of rotatable bonds is 5. The lowest BCUT2D eigenvalue weighted by atomic mass is 10.2. The van der Waals surface area contributed by atoms with Crippen LogP contribution in [0.3, 0.4) is 0 Å². The van der Waals surface area contributed by atoms with Crippen molar-refractivity contribution >= 4 is 40.7 Å². The first-order valence-corrected chi connectivity index (χ1v) is 7.94. The Morgan fingerprint density at radius 2 is 2.18 bits per heavy atom. The van der Waals surface area contributed by atoms with Crippen molar-refractivity contribution in [1.29, 1.82) is 0 Å². The van der Waals surface area contributed by atoms with Gasteiger partial charge < -0.3 is 15.2 Å². The number of hydrogen-bond acceptors (Lipinski definition) is 8. The highest BCUT2D eigenvalue weighted by Crippen LogP contribution is 2.24. The molecule has 0 aliphatic heterocycles. The Morgan fingerprint density at radius 1 is 1.41 bits per heavy atom. The molecule has 2 aromatic rings. The second-order valence-corrected chi connectivity index (χ2v) is 6.55. The van der Waals surface area contributed by atoms with E-state index in [0.29, 0.717) is 5.69 Å². The summed E-state index contributed by atoms with van der Waals surface area (Å²) in [6.07, 6.45) is 0. The molecule has 0 radical (unpaired) electrons. The highest BCUT2D eigenvalue weighted by atomic mass is 32.2. The van der Waals surface area contributed by atoms with Crippen LogP contribution in [0.15, 0.2) is 22.5 Å². The largest absolute Gasteiger partial charge is 0.507 e. The zero-order chi connectivity index (χ0) is 16.1. The van der Waals surface area contributed by atoms with E-state index in [1.807, 2.05) is 6.92 Å². The summed E-state index contributed by atoms with van der Waals surface area (Å²) in [7, 11) is 1.23. The zero-order valence-corrected chi connectivity index (χ0v) is 13.5. The smallest absolute Gasteiger partial charge is 0.341 e. The third-order valence-corrected chi connectivity index (χ3v) is 4.49. The maximum atomic E-state index is 11.8. The Morgan fingerprint density at radius 3 is 2.77 bits per heavy atom. The molecule has 2 N–H and O–H groups in total. The van der Waals surface area contributed by atoms with Crippen molar-refractivity contribution in [3.63, 3.8) is 0 Å². The summed E-state index contributed by atoms with van der Waals surface area (Å²) in [6, 6.07) is 4.20. The van der Waals surface area contributed by atoms with Crippen LogP contribution >= 0.6 is 23.1 Å². The minimum Gasteiger partial charge on any atom is -0.507 e. The monoisotopic (exact) mass is 339 g/mol. The molecular formula is C13H13N3O4S2. The highest BCUT2D eigenvalue weighted by Gasteiger charge is 2.13. The molecule has 0 unspecified atom stereocenters. The number of aromatic nitrogens is 2. The molecule has 0 aliphatic rings. The summed E-state index contributed by atoms with van der Waals surface area (Å²) >= 11 is 2.70. The number of anilines is 1. The van der Waals surface area contributed by atoms with Crippen molar-refractivity contribution in [2.24, 2.45) is 0 Å². The number of amides is 1. The number of carbonyl (C=O) groups excluding carboxylic acids is 2. The van der Waals surface area contributed by atoms with Crippen molar-refractivity contribution in [3.8, 4) is 5.75 Å². The van der Waals surface area contributed by atoms with E-state index >= 15 is 0 Å². The maximum absolute atomic E-state index is 11.8. The van der Waals surface area contributed by atoms with E-state index in [2.05, 4.69) is 20.3 Å². The fraction of sp³-hybridized carbons (Fsp3) is 0.231. The quantitative estimate of drug-likeness (QED) is 0.635. The molecule has 7 nitrogen and oxygen atoms in total. The molecule has 0 saturated heterocycles. The van der Waals surface area contributed by atoms with Crippen LogP contribution in [0.4, 0.5) is 5.69 Å². The number of nitrogens with one attached hydrogen (secondary N) is 1. The average molecular weight is 339 g/mol. The first-order chi connectivity index (χ1) is 10.5. The maximum Gasteiger partial charge on any atom is 0.341 e. The Kier molecular flexibility index (Phi) is 5.34. The number of phenolic OH excluding ortho intramolecular Hbond substituents is 1. The van der Waals surface area contributed by atoms with Crippen LogP contribution in [-0.2, 0) is 9.53 Å². The van der Waals surface area contributed by atoms with Crippen molar-refractivity contribution in [3.05, 3.63) is 28.8 Å². The van der Waals surface area contributed by atoms with Gasteiger partial charge in [0, 0.05) is 11.8 Å². The van der Waals surface area contributed by atoms with E-state index in [-0.39, 0.29) is 23.0 Å². The lowest BCUT2D eigenvalue weighted by Crippen LogP contribution is -2.14. The Bertz CT molecular complexity index is 702. The molecule has 0 saturated carbocycles. The van der Waals surface area contributed by atoms with Gasteiger partial charge in [-0.15, -0.1) is 10.2 Å². The van der Waals surface area contributed by atoms with Crippen molar-refractivity contribution < 1.29 is 19.4 Å². The molecule has 116 valence electrons. The van der Waals surface area contributed by atoms with Crippen molar-refractivity contribution in [2.45, 2.75) is 11.3 Å². The van der Waals surface area contributed by atoms with E-state index in [0.717, 1.165) is 9.35 Å². The second-order valence-electron chi connectivity index (χ2n) is 4.15. The van der Waals surface area contributed by atoms with Crippen LogP contribution in [0.5, 0.6) is 5.75 Å². The van der Waals surface area contributed by atoms with Gasteiger partial charge in [0.1, 0.15) is 16.3 Å². The van der Waals surface area contributed by atoms with Crippen LogP contribution in [-0.4, -0.2) is 40.0 Å². The van der Waals surface area contributed by atoms with Crippen LogP contribution in [0.2, 0.25) is 0 Å². The fourth-order valence-corrected chi connectivity index (χ4v) is 3.17. The summed E-state index contributed by atoms with van der Waals surface area (Å²) in [5.74, 6) is -0.966. The first kappa shape index (κ1) is 16.2. The third kappa shape index (κ3) is 4.18. The van der Waals surface area contributed by atoms with E-state index in [9.17, 15) is 14.7 Å². The molecule has 0 fully saturated rings. The summed E-state index contributed by atoms with van der Waals surface area (Å²) in [5.41, 5.74) is 0.434. The van der Waals surface area contributed by atoms with Gasteiger partial charge in [-0.25, -0.2) is 4.79 Å². The molecule has 0 bridgehead atoms. The van der Waals surface area contributed by atoms with Crippen LogP contribution < -0.4 is 5.32 Å². The Balaban J connectivity index is 1.94. The van der Waals surface area contributed by atoms with E-state index in [1.54, 1.807) is 0 Å². The predicted molar refractivity (Wildman–Crippen MR) is 83.4 cm³/mol. The second kappa shape index (κ2) is 7.23. The third-order valence-electron chi connectivity index (χ3n) is 2.52.